The van der Waals surface area contributed by atoms with Crippen molar-refractivity contribution in [3.8, 4) is 0 Å². The fourth-order valence-electron chi connectivity index (χ4n) is 0.676. The Balaban J connectivity index is 3.17. The second-order valence-electron chi connectivity index (χ2n) is 2.50. The zero-order chi connectivity index (χ0) is 10.1. The Bertz CT molecular complexity index is 156. The number of hydrogen-bond donors (Lipinski definition) is 2. The maximum absolute atomic E-state index is 10.7. The zero-order valence-corrected chi connectivity index (χ0v) is 8.92. The first-order valence-electron chi connectivity index (χ1n) is 4.01. The number of nitrogens with one attached hydrogen (secondary N) is 2. The summed E-state index contributed by atoms with van der Waals surface area (Å²) in [4.78, 5) is 10.7. The van der Waals surface area contributed by atoms with E-state index in [-0.39, 0.29) is 11.8 Å². The lowest BCUT2D eigenvalue weighted by Crippen LogP contribution is -2.27. The Morgan fingerprint density at radius 3 is 2.31 bits per heavy atom. The van der Waals surface area contributed by atoms with Crippen LogP contribution in [0.15, 0.2) is 12.3 Å². The molecule has 13 heavy (non-hydrogen) atoms. The van der Waals surface area contributed by atoms with Crippen LogP contribution in [0.5, 0.6) is 0 Å². The lowest BCUT2D eigenvalue weighted by Gasteiger charge is -2.06. The molecule has 0 rings (SSSR count). The molecule has 0 radical (unpaired) electrons. The summed E-state index contributed by atoms with van der Waals surface area (Å²) in [5.74, 6) is 0.286. The third kappa shape index (κ3) is 7.94. The summed E-state index contributed by atoms with van der Waals surface area (Å²) in [6, 6.07) is 0. The van der Waals surface area contributed by atoms with Crippen LogP contribution in [0.4, 0.5) is 0 Å². The van der Waals surface area contributed by atoms with Gasteiger partial charge in [-0.1, -0.05) is 6.58 Å². The molecular weight excluding hydrogens is 211 g/mol. The second kappa shape index (κ2) is 8.20. The third-order valence-corrected chi connectivity index (χ3v) is 1.90. The number of rotatable bonds is 7. The number of halogens is 2. The highest BCUT2D eigenvalue weighted by Gasteiger charge is 1.96. The van der Waals surface area contributed by atoms with E-state index in [2.05, 4.69) is 17.2 Å². The van der Waals surface area contributed by atoms with Crippen molar-refractivity contribution >= 4 is 29.1 Å². The Kier molecular flexibility index (Phi) is 7.94. The van der Waals surface area contributed by atoms with Crippen LogP contribution in [0.1, 0.15) is 6.42 Å². The van der Waals surface area contributed by atoms with Crippen molar-refractivity contribution in [2.45, 2.75) is 6.42 Å². The monoisotopic (exact) mass is 224 g/mol. The van der Waals surface area contributed by atoms with E-state index in [0.717, 1.165) is 18.7 Å². The Labute approximate surface area is 88.5 Å². The summed E-state index contributed by atoms with van der Waals surface area (Å²) in [6.45, 7) is 5.05. The van der Waals surface area contributed by atoms with Gasteiger partial charge in [-0.05, 0) is 6.42 Å². The van der Waals surface area contributed by atoms with Crippen molar-refractivity contribution in [3.05, 3.63) is 12.3 Å². The Hall–Kier alpha value is -0.410. The normalized spacial score (nSPS) is 9.38. The van der Waals surface area contributed by atoms with Crippen LogP contribution >= 0.6 is 23.2 Å². The van der Waals surface area contributed by atoms with Crippen LogP contribution in [0.25, 0.3) is 0 Å². The van der Waals surface area contributed by atoms with Gasteiger partial charge in [-0.3, -0.25) is 4.79 Å². The lowest BCUT2D eigenvalue weighted by atomic mass is 10.4. The molecule has 0 atom stereocenters. The van der Waals surface area contributed by atoms with Crippen molar-refractivity contribution in [3.63, 3.8) is 0 Å². The fourth-order valence-corrected chi connectivity index (χ4v) is 0.865. The van der Waals surface area contributed by atoms with Crippen LogP contribution in [0.2, 0.25) is 0 Å². The molecule has 0 aliphatic carbocycles. The maximum Gasteiger partial charge on any atom is 0.234 e. The minimum absolute atomic E-state index is 0.0157. The van der Waals surface area contributed by atoms with Gasteiger partial charge in [-0.25, -0.2) is 0 Å². The van der Waals surface area contributed by atoms with Crippen molar-refractivity contribution in [2.24, 2.45) is 0 Å². The average Bonchev–Trinajstić information content (AvgIpc) is 2.16. The number of amides is 1. The molecular formula is C8H14Cl2N2O. The van der Waals surface area contributed by atoms with Crippen molar-refractivity contribution in [1.82, 2.24) is 10.6 Å². The van der Waals surface area contributed by atoms with Crippen LogP contribution in [0.3, 0.4) is 0 Å². The highest BCUT2D eigenvalue weighted by atomic mass is 35.5. The van der Waals surface area contributed by atoms with E-state index < -0.39 is 0 Å². The Morgan fingerprint density at radius 2 is 1.77 bits per heavy atom. The van der Waals surface area contributed by atoms with Gasteiger partial charge in [-0.2, -0.15) is 0 Å². The minimum atomic E-state index is -0.141. The standard InChI is InChI=1S/C8H14Cl2N2O/c1-7(5-9)11-3-2-4-12-8(13)6-10/h11H,1-6H2,(H,12,13). The molecule has 0 aliphatic heterocycles. The summed E-state index contributed by atoms with van der Waals surface area (Å²) >= 11 is 10.8. The van der Waals surface area contributed by atoms with Gasteiger partial charge < -0.3 is 10.6 Å². The smallest absolute Gasteiger partial charge is 0.234 e. The quantitative estimate of drug-likeness (QED) is 0.502. The largest absolute Gasteiger partial charge is 0.388 e. The summed E-state index contributed by atoms with van der Waals surface area (Å²) < 4.78 is 0. The molecule has 0 fully saturated rings. The molecule has 76 valence electrons. The number of alkyl halides is 2. The predicted octanol–water partition coefficient (Wildman–Crippen LogP) is 1.07. The molecule has 0 aromatic heterocycles. The molecule has 0 unspecified atom stereocenters. The van der Waals surface area contributed by atoms with Crippen LogP contribution < -0.4 is 10.6 Å². The number of carbonyl (C=O) groups is 1. The van der Waals surface area contributed by atoms with E-state index in [1.165, 1.54) is 0 Å². The SMILES string of the molecule is C=C(CCl)NCCCNC(=O)CCl. The lowest BCUT2D eigenvalue weighted by molar-refractivity contribution is -0.118. The van der Waals surface area contributed by atoms with Gasteiger partial charge in [0.25, 0.3) is 0 Å². The topological polar surface area (TPSA) is 41.1 Å². The van der Waals surface area contributed by atoms with E-state index in [0.29, 0.717) is 12.4 Å². The molecule has 0 bridgehead atoms. The van der Waals surface area contributed by atoms with Gasteiger partial charge in [0.2, 0.25) is 5.91 Å². The number of carbonyl (C=O) groups excluding carboxylic acids is 1. The summed E-state index contributed by atoms with van der Waals surface area (Å²) in [7, 11) is 0. The Morgan fingerprint density at radius 1 is 1.15 bits per heavy atom. The van der Waals surface area contributed by atoms with E-state index in [1.807, 2.05) is 0 Å². The minimum Gasteiger partial charge on any atom is -0.388 e. The van der Waals surface area contributed by atoms with E-state index >= 15 is 0 Å². The summed E-state index contributed by atoms with van der Waals surface area (Å²) in [5, 5.41) is 5.66. The van der Waals surface area contributed by atoms with Crippen LogP contribution in [-0.4, -0.2) is 30.8 Å². The van der Waals surface area contributed by atoms with Gasteiger partial charge in [-0.15, -0.1) is 23.2 Å². The van der Waals surface area contributed by atoms with E-state index in [4.69, 9.17) is 23.2 Å². The second-order valence-corrected chi connectivity index (χ2v) is 3.04. The molecule has 0 saturated carbocycles. The van der Waals surface area contributed by atoms with E-state index in [1.54, 1.807) is 0 Å². The highest BCUT2D eigenvalue weighted by Crippen LogP contribution is 1.87. The third-order valence-electron chi connectivity index (χ3n) is 1.33. The van der Waals surface area contributed by atoms with Crippen molar-refractivity contribution in [2.75, 3.05) is 24.8 Å². The zero-order valence-electron chi connectivity index (χ0n) is 7.41. The number of hydrogen-bond acceptors (Lipinski definition) is 2. The molecule has 0 spiro atoms. The van der Waals surface area contributed by atoms with Crippen LogP contribution in [0, 0.1) is 0 Å². The molecule has 0 aromatic rings. The van der Waals surface area contributed by atoms with Gasteiger partial charge in [0, 0.05) is 18.8 Å². The molecule has 0 aromatic carbocycles. The van der Waals surface area contributed by atoms with Gasteiger partial charge in [0.15, 0.2) is 0 Å². The van der Waals surface area contributed by atoms with Gasteiger partial charge in [0.05, 0.1) is 5.88 Å². The van der Waals surface area contributed by atoms with Crippen molar-refractivity contribution in [1.29, 1.82) is 0 Å². The fraction of sp³-hybridized carbons (Fsp3) is 0.625. The first-order valence-corrected chi connectivity index (χ1v) is 5.08. The molecule has 0 saturated heterocycles. The molecule has 5 heteroatoms. The van der Waals surface area contributed by atoms with Crippen LogP contribution in [-0.2, 0) is 4.79 Å². The molecule has 0 heterocycles. The van der Waals surface area contributed by atoms with Crippen molar-refractivity contribution < 1.29 is 4.79 Å². The number of allylic oxidation sites excluding steroid dienone is 1. The van der Waals surface area contributed by atoms with Gasteiger partial charge >= 0.3 is 0 Å². The first kappa shape index (κ1) is 12.6. The molecule has 3 nitrogen and oxygen atoms in total. The maximum atomic E-state index is 10.7. The highest BCUT2D eigenvalue weighted by molar-refractivity contribution is 6.27. The predicted molar refractivity (Wildman–Crippen MR) is 56.2 cm³/mol. The molecule has 0 aliphatic rings. The van der Waals surface area contributed by atoms with E-state index in [9.17, 15) is 4.79 Å². The molecule has 1 amide bonds. The summed E-state index contributed by atoms with van der Waals surface area (Å²) in [5.41, 5.74) is 0.797. The molecule has 2 N–H and O–H groups in total. The summed E-state index contributed by atoms with van der Waals surface area (Å²) in [6.07, 6.45) is 0.832. The first-order chi connectivity index (χ1) is 6.20. The van der Waals surface area contributed by atoms with Gasteiger partial charge in [0.1, 0.15) is 5.88 Å². The average molecular weight is 225 g/mol.